The molecule has 0 unspecified atom stereocenters. The first kappa shape index (κ1) is 26.6. The summed E-state index contributed by atoms with van der Waals surface area (Å²) in [5.41, 5.74) is 2.78. The van der Waals surface area contributed by atoms with E-state index >= 15 is 0 Å². The van der Waals surface area contributed by atoms with Gasteiger partial charge in [-0.2, -0.15) is 18.3 Å². The number of nitrogens with one attached hydrogen (secondary N) is 2. The van der Waals surface area contributed by atoms with E-state index in [4.69, 9.17) is 21.1 Å². The van der Waals surface area contributed by atoms with Gasteiger partial charge in [0, 0.05) is 16.3 Å². The second-order valence-corrected chi connectivity index (χ2v) is 7.89. The summed E-state index contributed by atoms with van der Waals surface area (Å²) in [7, 11) is 1.47. The molecule has 11 heteroatoms. The Morgan fingerprint density at radius 2 is 1.69 bits per heavy atom. The maximum absolute atomic E-state index is 12.8. The summed E-state index contributed by atoms with van der Waals surface area (Å²) in [5.74, 6) is -1.42. The molecule has 0 saturated heterocycles. The van der Waals surface area contributed by atoms with E-state index in [0.29, 0.717) is 27.8 Å². The van der Waals surface area contributed by atoms with Gasteiger partial charge in [0.05, 0.1) is 18.4 Å². The lowest BCUT2D eigenvalue weighted by molar-refractivity contribution is -0.137. The van der Waals surface area contributed by atoms with E-state index in [1.165, 1.54) is 13.2 Å². The zero-order valence-corrected chi connectivity index (χ0v) is 19.9. The van der Waals surface area contributed by atoms with Crippen molar-refractivity contribution in [2.24, 2.45) is 5.10 Å². The normalized spacial score (nSPS) is 11.6. The molecule has 0 fully saturated rings. The number of carbonyl (C=O) groups excluding carboxylic acids is 2. The maximum Gasteiger partial charge on any atom is 0.416 e. The van der Waals surface area contributed by atoms with Crippen LogP contribution in [-0.2, 0) is 22.4 Å². The van der Waals surface area contributed by atoms with Crippen LogP contribution in [0.4, 0.5) is 18.9 Å². The highest BCUT2D eigenvalue weighted by Gasteiger charge is 2.30. The average Bonchev–Trinajstić information content (AvgIpc) is 2.86. The van der Waals surface area contributed by atoms with Crippen molar-refractivity contribution in [3.8, 4) is 11.5 Å². The predicted molar refractivity (Wildman–Crippen MR) is 129 cm³/mol. The predicted octanol–water partition coefficient (Wildman–Crippen LogP) is 5.43. The molecule has 0 aliphatic heterocycles. The number of alkyl halides is 3. The van der Waals surface area contributed by atoms with Crippen LogP contribution in [0.5, 0.6) is 11.5 Å². The molecule has 0 heterocycles. The van der Waals surface area contributed by atoms with Crippen LogP contribution in [0.3, 0.4) is 0 Å². The summed E-state index contributed by atoms with van der Waals surface area (Å²) in [5, 5.41) is 6.62. The van der Waals surface area contributed by atoms with Gasteiger partial charge in [-0.05, 0) is 61.0 Å². The van der Waals surface area contributed by atoms with Gasteiger partial charge in [0.25, 0.3) is 0 Å². The third kappa shape index (κ3) is 7.22. The van der Waals surface area contributed by atoms with Crippen molar-refractivity contribution in [3.63, 3.8) is 0 Å². The summed E-state index contributed by atoms with van der Waals surface area (Å²) in [6.07, 6.45) is -4.58. The Labute approximate surface area is 209 Å². The van der Waals surface area contributed by atoms with Gasteiger partial charge in [-0.3, -0.25) is 9.59 Å². The zero-order valence-electron chi connectivity index (χ0n) is 19.2. The third-order valence-corrected chi connectivity index (χ3v) is 5.12. The van der Waals surface area contributed by atoms with Crippen molar-refractivity contribution in [3.05, 3.63) is 88.4 Å². The highest BCUT2D eigenvalue weighted by atomic mass is 35.5. The molecular weight excluding hydrogens is 499 g/mol. The highest BCUT2D eigenvalue weighted by Crippen LogP contribution is 2.31. The first-order chi connectivity index (χ1) is 17.1. The molecule has 0 saturated carbocycles. The first-order valence-corrected chi connectivity index (χ1v) is 10.8. The Morgan fingerprint density at radius 3 is 2.36 bits per heavy atom. The number of benzene rings is 3. The number of methoxy groups -OCH3 is 1. The molecule has 3 aromatic carbocycles. The topological polar surface area (TPSA) is 89.0 Å². The number of hydrogen-bond donors (Lipinski definition) is 2. The van der Waals surface area contributed by atoms with Crippen LogP contribution >= 0.6 is 11.6 Å². The lowest BCUT2D eigenvalue weighted by atomic mass is 10.1. The van der Waals surface area contributed by atoms with Gasteiger partial charge in [-0.15, -0.1) is 0 Å². The van der Waals surface area contributed by atoms with Crippen LogP contribution in [0, 0.1) is 0 Å². The van der Waals surface area contributed by atoms with E-state index in [1.54, 1.807) is 37.3 Å². The van der Waals surface area contributed by atoms with Crippen LogP contribution in [0.25, 0.3) is 0 Å². The van der Waals surface area contributed by atoms with Crippen molar-refractivity contribution in [2.45, 2.75) is 19.7 Å². The molecule has 2 amide bonds. The molecule has 0 aromatic heterocycles. The Kier molecular flexibility index (Phi) is 8.55. The van der Waals surface area contributed by atoms with Crippen molar-refractivity contribution in [1.82, 2.24) is 5.43 Å². The van der Waals surface area contributed by atoms with Crippen molar-refractivity contribution in [2.75, 3.05) is 12.4 Å². The van der Waals surface area contributed by atoms with Crippen LogP contribution in [-0.4, -0.2) is 24.6 Å². The van der Waals surface area contributed by atoms with Crippen molar-refractivity contribution in [1.29, 1.82) is 0 Å². The summed E-state index contributed by atoms with van der Waals surface area (Å²) in [4.78, 5) is 24.1. The standard InChI is InChI=1S/C25H21ClF3N3O4/c1-15(31-32-24(34)23(33)30-20-5-3-4-18(13-20)25(27,28)29)17-8-11-21(22(12-17)35-2)36-14-16-6-9-19(26)10-7-16/h3-13H,14H2,1-2H3,(H,30,33)(H,32,34). The van der Waals surface area contributed by atoms with Crippen LogP contribution in [0.1, 0.15) is 23.6 Å². The highest BCUT2D eigenvalue weighted by molar-refractivity contribution is 6.39. The fourth-order valence-corrected chi connectivity index (χ4v) is 3.09. The molecule has 0 radical (unpaired) electrons. The molecule has 36 heavy (non-hydrogen) atoms. The Balaban J connectivity index is 1.62. The van der Waals surface area contributed by atoms with E-state index in [9.17, 15) is 22.8 Å². The molecule has 0 bridgehead atoms. The number of ether oxygens (including phenoxy) is 2. The number of hydrogen-bond acceptors (Lipinski definition) is 5. The van der Waals surface area contributed by atoms with Gasteiger partial charge < -0.3 is 14.8 Å². The number of carbonyl (C=O) groups is 2. The quantitative estimate of drug-likeness (QED) is 0.248. The van der Waals surface area contributed by atoms with Gasteiger partial charge >= 0.3 is 18.0 Å². The smallest absolute Gasteiger partial charge is 0.416 e. The summed E-state index contributed by atoms with van der Waals surface area (Å²) < 4.78 is 49.6. The molecule has 3 aromatic rings. The van der Waals surface area contributed by atoms with Crippen LogP contribution in [0.15, 0.2) is 71.8 Å². The molecule has 7 nitrogen and oxygen atoms in total. The molecule has 0 spiro atoms. The molecular formula is C25H21ClF3N3O4. The van der Waals surface area contributed by atoms with E-state index < -0.39 is 23.6 Å². The lowest BCUT2D eigenvalue weighted by Gasteiger charge is -2.12. The third-order valence-electron chi connectivity index (χ3n) is 4.87. The SMILES string of the molecule is COc1cc(C(C)=NNC(=O)C(=O)Nc2cccc(C(F)(F)F)c2)ccc1OCc1ccc(Cl)cc1. The van der Waals surface area contributed by atoms with Crippen LogP contribution < -0.4 is 20.2 Å². The Morgan fingerprint density at radius 1 is 0.972 bits per heavy atom. The fraction of sp³-hybridized carbons (Fsp3) is 0.160. The molecule has 0 aliphatic rings. The average molecular weight is 520 g/mol. The number of hydrazone groups is 1. The fourth-order valence-electron chi connectivity index (χ4n) is 2.96. The molecule has 0 aliphatic carbocycles. The largest absolute Gasteiger partial charge is 0.493 e. The monoisotopic (exact) mass is 519 g/mol. The minimum absolute atomic E-state index is 0.176. The summed E-state index contributed by atoms with van der Waals surface area (Å²) in [6.45, 7) is 1.88. The van der Waals surface area contributed by atoms with E-state index in [2.05, 4.69) is 15.8 Å². The Bertz CT molecular complexity index is 1280. The van der Waals surface area contributed by atoms with E-state index in [0.717, 1.165) is 23.8 Å². The van der Waals surface area contributed by atoms with Gasteiger partial charge in [-0.25, -0.2) is 5.43 Å². The summed E-state index contributed by atoms with van der Waals surface area (Å²) >= 11 is 5.89. The molecule has 188 valence electrons. The van der Waals surface area contributed by atoms with E-state index in [1.807, 2.05) is 12.1 Å². The first-order valence-electron chi connectivity index (χ1n) is 10.5. The second-order valence-electron chi connectivity index (χ2n) is 7.45. The minimum Gasteiger partial charge on any atom is -0.493 e. The number of rotatable bonds is 7. The number of halogens is 4. The minimum atomic E-state index is -4.58. The molecule has 2 N–H and O–H groups in total. The summed E-state index contributed by atoms with van der Waals surface area (Å²) in [6, 6.07) is 16.1. The zero-order chi connectivity index (χ0) is 26.3. The number of nitrogens with zero attached hydrogens (tertiary/aromatic N) is 1. The Hall–Kier alpha value is -4.05. The van der Waals surface area contributed by atoms with Gasteiger partial charge in [0.15, 0.2) is 11.5 Å². The maximum atomic E-state index is 12.8. The van der Waals surface area contributed by atoms with Gasteiger partial charge in [0.1, 0.15) is 6.61 Å². The van der Waals surface area contributed by atoms with Crippen molar-refractivity contribution >= 4 is 34.8 Å². The second kappa shape index (κ2) is 11.6. The van der Waals surface area contributed by atoms with Crippen molar-refractivity contribution < 1.29 is 32.2 Å². The van der Waals surface area contributed by atoms with Crippen LogP contribution in [0.2, 0.25) is 5.02 Å². The van der Waals surface area contributed by atoms with Gasteiger partial charge in [0.2, 0.25) is 0 Å². The molecule has 0 atom stereocenters. The van der Waals surface area contributed by atoms with E-state index in [-0.39, 0.29) is 12.3 Å². The van der Waals surface area contributed by atoms with Gasteiger partial charge in [-0.1, -0.05) is 29.8 Å². The molecule has 3 rings (SSSR count). The number of anilines is 1. The number of amides is 2. The lowest BCUT2D eigenvalue weighted by Crippen LogP contribution is -2.33.